The van der Waals surface area contributed by atoms with E-state index in [1.165, 1.54) is 5.39 Å². The van der Waals surface area contributed by atoms with Crippen molar-refractivity contribution in [2.45, 2.75) is 19.3 Å². The van der Waals surface area contributed by atoms with Gasteiger partial charge in [-0.3, -0.25) is 9.59 Å². The van der Waals surface area contributed by atoms with E-state index in [9.17, 15) is 9.59 Å². The van der Waals surface area contributed by atoms with E-state index in [1.807, 2.05) is 53.4 Å². The summed E-state index contributed by atoms with van der Waals surface area (Å²) in [7, 11) is 0. The first kappa shape index (κ1) is 18.2. The lowest BCUT2D eigenvalue weighted by atomic mass is 9.96. The Hall–Kier alpha value is -3.14. The lowest BCUT2D eigenvalue weighted by Crippen LogP contribution is -2.44. The van der Waals surface area contributed by atoms with E-state index in [4.69, 9.17) is 0 Å². The van der Waals surface area contributed by atoms with Crippen molar-refractivity contribution in [3.8, 4) is 0 Å². The number of nitrogens with one attached hydrogen (secondary N) is 1. The summed E-state index contributed by atoms with van der Waals surface area (Å²) in [5.74, 6) is -0.0728. The molecule has 3 aromatic rings. The second kappa shape index (κ2) is 8.26. The van der Waals surface area contributed by atoms with Crippen LogP contribution in [0.15, 0.2) is 72.8 Å². The van der Waals surface area contributed by atoms with Gasteiger partial charge in [-0.05, 0) is 41.3 Å². The van der Waals surface area contributed by atoms with Crippen molar-refractivity contribution in [1.29, 1.82) is 0 Å². The number of piperidine rings is 1. The molecule has 1 saturated heterocycles. The van der Waals surface area contributed by atoms with E-state index in [0.29, 0.717) is 13.0 Å². The van der Waals surface area contributed by atoms with Crippen molar-refractivity contribution in [1.82, 2.24) is 4.90 Å². The highest BCUT2D eigenvalue weighted by atomic mass is 16.2. The normalized spacial score (nSPS) is 16.7. The number of hydrogen-bond acceptors (Lipinski definition) is 2. The number of benzene rings is 3. The minimum Gasteiger partial charge on any atom is -0.342 e. The molecule has 1 atom stereocenters. The van der Waals surface area contributed by atoms with Crippen LogP contribution in [0.2, 0.25) is 0 Å². The zero-order valence-electron chi connectivity index (χ0n) is 15.8. The van der Waals surface area contributed by atoms with Crippen LogP contribution in [0.4, 0.5) is 5.69 Å². The summed E-state index contributed by atoms with van der Waals surface area (Å²) in [6.45, 7) is 1.21. The highest BCUT2D eigenvalue weighted by Crippen LogP contribution is 2.21. The Morgan fingerprint density at radius 3 is 2.50 bits per heavy atom. The molecule has 28 heavy (non-hydrogen) atoms. The molecule has 3 aromatic carbocycles. The topological polar surface area (TPSA) is 49.4 Å². The molecule has 1 N–H and O–H groups in total. The van der Waals surface area contributed by atoms with E-state index in [0.717, 1.165) is 36.0 Å². The zero-order chi connectivity index (χ0) is 19.3. The molecule has 0 bridgehead atoms. The number of likely N-dealkylation sites (tertiary alicyclic amines) is 1. The summed E-state index contributed by atoms with van der Waals surface area (Å²) in [4.78, 5) is 27.3. The lowest BCUT2D eigenvalue weighted by Gasteiger charge is -2.32. The van der Waals surface area contributed by atoms with Crippen LogP contribution in [0.1, 0.15) is 18.4 Å². The number of rotatable bonds is 4. The van der Waals surface area contributed by atoms with Crippen LogP contribution in [-0.4, -0.2) is 29.8 Å². The molecule has 0 spiro atoms. The molecule has 2 amide bonds. The number of para-hydroxylation sites is 1. The van der Waals surface area contributed by atoms with Crippen LogP contribution in [0.5, 0.6) is 0 Å². The lowest BCUT2D eigenvalue weighted by molar-refractivity contribution is -0.133. The van der Waals surface area contributed by atoms with Crippen LogP contribution in [0, 0.1) is 5.92 Å². The minimum absolute atomic E-state index is 0.00518. The molecule has 4 nitrogen and oxygen atoms in total. The van der Waals surface area contributed by atoms with Crippen LogP contribution in [0.25, 0.3) is 10.8 Å². The molecule has 1 heterocycles. The van der Waals surface area contributed by atoms with Gasteiger partial charge in [-0.15, -0.1) is 0 Å². The molecule has 0 radical (unpaired) electrons. The Morgan fingerprint density at radius 1 is 0.929 bits per heavy atom. The number of fused-ring (bicyclic) bond motifs is 1. The van der Waals surface area contributed by atoms with Gasteiger partial charge in [-0.2, -0.15) is 0 Å². The third kappa shape index (κ3) is 4.22. The van der Waals surface area contributed by atoms with Crippen molar-refractivity contribution in [3.63, 3.8) is 0 Å². The second-order valence-corrected chi connectivity index (χ2v) is 7.39. The molecule has 0 aliphatic carbocycles. The van der Waals surface area contributed by atoms with Crippen LogP contribution >= 0.6 is 0 Å². The predicted molar refractivity (Wildman–Crippen MR) is 112 cm³/mol. The van der Waals surface area contributed by atoms with Gasteiger partial charge >= 0.3 is 0 Å². The summed E-state index contributed by atoms with van der Waals surface area (Å²) >= 11 is 0. The van der Waals surface area contributed by atoms with Crippen molar-refractivity contribution < 1.29 is 9.59 Å². The minimum atomic E-state index is -0.158. The maximum atomic E-state index is 12.8. The van der Waals surface area contributed by atoms with E-state index >= 15 is 0 Å². The summed E-state index contributed by atoms with van der Waals surface area (Å²) in [5.41, 5.74) is 1.81. The molecular formula is C24H24N2O2. The molecule has 0 aromatic heterocycles. The molecule has 142 valence electrons. The quantitative estimate of drug-likeness (QED) is 0.744. The molecule has 1 fully saturated rings. The first-order valence-electron chi connectivity index (χ1n) is 9.80. The van der Waals surface area contributed by atoms with Gasteiger partial charge < -0.3 is 10.2 Å². The third-order valence-electron chi connectivity index (χ3n) is 5.36. The maximum Gasteiger partial charge on any atom is 0.229 e. The average Bonchev–Trinajstić information content (AvgIpc) is 2.74. The molecule has 4 heteroatoms. The van der Waals surface area contributed by atoms with Gasteiger partial charge in [0.05, 0.1) is 12.3 Å². The number of carbonyl (C=O) groups is 2. The van der Waals surface area contributed by atoms with Gasteiger partial charge in [0.1, 0.15) is 0 Å². The molecule has 4 rings (SSSR count). The van der Waals surface area contributed by atoms with Crippen molar-refractivity contribution in [3.05, 3.63) is 78.4 Å². The van der Waals surface area contributed by atoms with E-state index in [2.05, 4.69) is 29.6 Å². The fourth-order valence-corrected chi connectivity index (χ4v) is 3.82. The monoisotopic (exact) mass is 372 g/mol. The predicted octanol–water partition coefficient (Wildman–Crippen LogP) is 4.26. The molecular weight excluding hydrogens is 348 g/mol. The number of amides is 2. The zero-order valence-corrected chi connectivity index (χ0v) is 15.8. The Kier molecular flexibility index (Phi) is 5.38. The smallest absolute Gasteiger partial charge is 0.229 e. The van der Waals surface area contributed by atoms with Gasteiger partial charge in [0.2, 0.25) is 11.8 Å². The van der Waals surface area contributed by atoms with E-state index < -0.39 is 0 Å². The summed E-state index contributed by atoms with van der Waals surface area (Å²) in [6.07, 6.45) is 2.05. The first-order valence-corrected chi connectivity index (χ1v) is 9.80. The van der Waals surface area contributed by atoms with Crippen LogP contribution in [-0.2, 0) is 16.0 Å². The van der Waals surface area contributed by atoms with Gasteiger partial charge in [0.25, 0.3) is 0 Å². The van der Waals surface area contributed by atoms with Crippen molar-refractivity contribution in [2.75, 3.05) is 18.4 Å². The fourth-order valence-electron chi connectivity index (χ4n) is 3.82. The van der Waals surface area contributed by atoms with Crippen molar-refractivity contribution in [2.24, 2.45) is 5.92 Å². The molecule has 1 unspecified atom stereocenters. The largest absolute Gasteiger partial charge is 0.342 e. The average molecular weight is 372 g/mol. The summed E-state index contributed by atoms with van der Waals surface area (Å²) in [6, 6.07) is 23.8. The molecule has 1 aliphatic heterocycles. The third-order valence-corrected chi connectivity index (χ3v) is 5.36. The maximum absolute atomic E-state index is 12.8. The van der Waals surface area contributed by atoms with Crippen LogP contribution in [0.3, 0.4) is 0 Å². The van der Waals surface area contributed by atoms with E-state index in [-0.39, 0.29) is 17.7 Å². The van der Waals surface area contributed by atoms with Gasteiger partial charge in [0.15, 0.2) is 0 Å². The number of anilines is 1. The Balaban J connectivity index is 1.39. The van der Waals surface area contributed by atoms with Gasteiger partial charge in [-0.25, -0.2) is 0 Å². The molecule has 0 saturated carbocycles. The number of nitrogens with zero attached hydrogens (tertiary/aromatic N) is 1. The van der Waals surface area contributed by atoms with Gasteiger partial charge in [0, 0.05) is 18.8 Å². The highest BCUT2D eigenvalue weighted by Gasteiger charge is 2.28. The Bertz CT molecular complexity index is 984. The summed E-state index contributed by atoms with van der Waals surface area (Å²) in [5, 5.41) is 5.28. The highest BCUT2D eigenvalue weighted by molar-refractivity contribution is 5.93. The van der Waals surface area contributed by atoms with Gasteiger partial charge in [-0.1, -0.05) is 60.7 Å². The van der Waals surface area contributed by atoms with Crippen LogP contribution < -0.4 is 5.32 Å². The standard InChI is InChI=1S/C24H24N2O2/c27-23(16-18-12-13-19-7-4-5-8-20(19)15-18)26-14-6-9-21(17-26)24(28)25-22-10-2-1-3-11-22/h1-5,7-8,10-13,15,21H,6,9,14,16-17H2,(H,25,28). The number of carbonyl (C=O) groups excluding carboxylic acids is 2. The Labute approximate surface area is 165 Å². The fraction of sp³-hybridized carbons (Fsp3) is 0.250. The second-order valence-electron chi connectivity index (χ2n) is 7.39. The summed E-state index contributed by atoms with van der Waals surface area (Å²) < 4.78 is 0. The molecule has 1 aliphatic rings. The first-order chi connectivity index (χ1) is 13.7. The van der Waals surface area contributed by atoms with E-state index in [1.54, 1.807) is 0 Å². The Morgan fingerprint density at radius 2 is 1.68 bits per heavy atom. The SMILES string of the molecule is O=C(Nc1ccccc1)C1CCCN(C(=O)Cc2ccc3ccccc3c2)C1. The van der Waals surface area contributed by atoms with Crippen molar-refractivity contribution >= 4 is 28.3 Å². The number of hydrogen-bond donors (Lipinski definition) is 1.